The summed E-state index contributed by atoms with van der Waals surface area (Å²) in [4.78, 5) is 21.1. The van der Waals surface area contributed by atoms with Crippen molar-refractivity contribution in [2.75, 3.05) is 46.6 Å². The van der Waals surface area contributed by atoms with Crippen molar-refractivity contribution < 1.29 is 19.1 Å². The maximum absolute atomic E-state index is 11.1. The summed E-state index contributed by atoms with van der Waals surface area (Å²) in [5.41, 5.74) is 0. The lowest BCUT2D eigenvalue weighted by Gasteiger charge is -2.06. The average molecular weight is 246 g/mol. The minimum atomic E-state index is -0.119. The molecule has 0 aromatic rings. The molecule has 0 heterocycles. The van der Waals surface area contributed by atoms with Gasteiger partial charge in [0.25, 0.3) is 0 Å². The van der Waals surface area contributed by atoms with Gasteiger partial charge in [0, 0.05) is 25.9 Å². The van der Waals surface area contributed by atoms with Crippen LogP contribution in [0.1, 0.15) is 12.8 Å². The summed E-state index contributed by atoms with van der Waals surface area (Å²) in [6.45, 7) is 3.50. The predicted molar refractivity (Wildman–Crippen MR) is 63.9 cm³/mol. The lowest BCUT2D eigenvalue weighted by Crippen LogP contribution is -2.27. The lowest BCUT2D eigenvalue weighted by molar-refractivity contribution is -0.122. The van der Waals surface area contributed by atoms with Crippen LogP contribution in [0.3, 0.4) is 0 Å². The van der Waals surface area contributed by atoms with E-state index in [9.17, 15) is 9.59 Å². The van der Waals surface area contributed by atoms with Crippen LogP contribution in [0.25, 0.3) is 0 Å². The van der Waals surface area contributed by atoms with E-state index in [-0.39, 0.29) is 18.7 Å². The molecular formula is C11H22N2O4. The summed E-state index contributed by atoms with van der Waals surface area (Å²) in [5.74, 6) is -0.119. The maximum atomic E-state index is 11.1. The summed E-state index contributed by atoms with van der Waals surface area (Å²) in [7, 11) is 1.87. The molecule has 1 amide bonds. The molecule has 100 valence electrons. The zero-order valence-corrected chi connectivity index (χ0v) is 10.4. The second-order valence-corrected chi connectivity index (χ2v) is 3.38. The Balaban J connectivity index is 3.07. The van der Waals surface area contributed by atoms with E-state index < -0.39 is 0 Å². The van der Waals surface area contributed by atoms with Crippen LogP contribution in [0, 0.1) is 0 Å². The molecule has 0 fully saturated rings. The summed E-state index contributed by atoms with van der Waals surface area (Å²) < 4.78 is 10.5. The third kappa shape index (κ3) is 13.0. The van der Waals surface area contributed by atoms with Gasteiger partial charge in [-0.25, -0.2) is 0 Å². The van der Waals surface area contributed by atoms with Crippen molar-refractivity contribution in [1.29, 1.82) is 0 Å². The highest BCUT2D eigenvalue weighted by molar-refractivity contribution is 5.77. The zero-order chi connectivity index (χ0) is 12.8. The van der Waals surface area contributed by atoms with Crippen molar-refractivity contribution >= 4 is 12.2 Å². The van der Waals surface area contributed by atoms with Crippen molar-refractivity contribution in [1.82, 2.24) is 10.6 Å². The van der Waals surface area contributed by atoms with Gasteiger partial charge in [-0.2, -0.15) is 0 Å². The highest BCUT2D eigenvalue weighted by Crippen LogP contribution is 1.84. The van der Waals surface area contributed by atoms with Crippen molar-refractivity contribution in [3.8, 4) is 0 Å². The number of nitrogens with one attached hydrogen (secondary N) is 2. The van der Waals surface area contributed by atoms with Crippen LogP contribution in [0.15, 0.2) is 0 Å². The Morgan fingerprint density at radius 2 is 1.76 bits per heavy atom. The molecule has 0 saturated heterocycles. The first-order valence-corrected chi connectivity index (χ1v) is 5.81. The number of likely N-dealkylation sites (N-methyl/N-ethyl adjacent to an activating group) is 1. The molecule has 0 aliphatic rings. The molecule has 0 spiro atoms. The Bertz CT molecular complexity index is 200. The molecule has 0 rings (SSSR count). The fraction of sp³-hybridized carbons (Fsp3) is 0.818. The summed E-state index contributed by atoms with van der Waals surface area (Å²) >= 11 is 0. The molecule has 0 saturated carbocycles. The van der Waals surface area contributed by atoms with E-state index in [0.29, 0.717) is 33.0 Å². The van der Waals surface area contributed by atoms with E-state index in [1.807, 2.05) is 7.05 Å². The van der Waals surface area contributed by atoms with Gasteiger partial charge in [-0.05, 0) is 7.05 Å². The van der Waals surface area contributed by atoms with Gasteiger partial charge in [0.2, 0.25) is 5.91 Å². The maximum Gasteiger partial charge on any atom is 0.220 e. The molecule has 0 aliphatic heterocycles. The molecule has 0 bridgehead atoms. The number of amides is 1. The van der Waals surface area contributed by atoms with Crippen molar-refractivity contribution in [3.63, 3.8) is 0 Å². The largest absolute Gasteiger partial charge is 0.378 e. The Kier molecular flexibility index (Phi) is 12.3. The van der Waals surface area contributed by atoms with Crippen molar-refractivity contribution in [2.24, 2.45) is 0 Å². The van der Waals surface area contributed by atoms with Gasteiger partial charge >= 0.3 is 0 Å². The monoisotopic (exact) mass is 246 g/mol. The van der Waals surface area contributed by atoms with Gasteiger partial charge in [0.15, 0.2) is 0 Å². The molecule has 6 heteroatoms. The third-order valence-corrected chi connectivity index (χ3v) is 1.93. The quantitative estimate of drug-likeness (QED) is 0.353. The first kappa shape index (κ1) is 16.0. The number of rotatable bonds is 12. The molecule has 6 nitrogen and oxygen atoms in total. The molecule has 0 atom stereocenters. The number of carbonyl (C=O) groups is 2. The summed E-state index contributed by atoms with van der Waals surface area (Å²) in [6, 6.07) is 0. The van der Waals surface area contributed by atoms with E-state index in [0.717, 1.165) is 12.8 Å². The van der Waals surface area contributed by atoms with Gasteiger partial charge in [-0.1, -0.05) is 0 Å². The Morgan fingerprint density at radius 1 is 1.12 bits per heavy atom. The minimum absolute atomic E-state index is 0.119. The van der Waals surface area contributed by atoms with E-state index in [1.165, 1.54) is 0 Å². The number of ether oxygens (including phenoxy) is 2. The summed E-state index contributed by atoms with van der Waals surface area (Å²) in [6.07, 6.45) is 1.25. The fourth-order valence-corrected chi connectivity index (χ4v) is 1.04. The fourth-order valence-electron chi connectivity index (χ4n) is 1.04. The predicted octanol–water partition coefficient (Wildman–Crippen LogP) is -0.666. The van der Waals surface area contributed by atoms with Crippen molar-refractivity contribution in [2.45, 2.75) is 12.8 Å². The average Bonchev–Trinajstić information content (AvgIpc) is 2.34. The van der Waals surface area contributed by atoms with Gasteiger partial charge < -0.3 is 24.9 Å². The van der Waals surface area contributed by atoms with Crippen LogP contribution in [0.4, 0.5) is 0 Å². The molecule has 0 aromatic heterocycles. The van der Waals surface area contributed by atoms with Crippen LogP contribution < -0.4 is 10.6 Å². The van der Waals surface area contributed by atoms with Crippen LogP contribution in [0.5, 0.6) is 0 Å². The zero-order valence-electron chi connectivity index (χ0n) is 10.4. The van der Waals surface area contributed by atoms with Crippen LogP contribution in [0.2, 0.25) is 0 Å². The minimum Gasteiger partial charge on any atom is -0.378 e. The van der Waals surface area contributed by atoms with E-state index in [4.69, 9.17) is 9.47 Å². The number of hydrogen-bond acceptors (Lipinski definition) is 5. The van der Waals surface area contributed by atoms with E-state index in [1.54, 1.807) is 0 Å². The Morgan fingerprint density at radius 3 is 2.35 bits per heavy atom. The number of aldehydes is 1. The highest BCUT2D eigenvalue weighted by Gasteiger charge is 1.98. The summed E-state index contributed by atoms with van der Waals surface area (Å²) in [5, 5.41) is 5.63. The van der Waals surface area contributed by atoms with Gasteiger partial charge in [0.05, 0.1) is 26.4 Å². The Labute approximate surface area is 102 Å². The first-order valence-electron chi connectivity index (χ1n) is 5.81. The molecule has 17 heavy (non-hydrogen) atoms. The molecule has 0 aromatic carbocycles. The lowest BCUT2D eigenvalue weighted by atomic mass is 10.3. The second kappa shape index (κ2) is 13.1. The molecule has 0 unspecified atom stereocenters. The highest BCUT2D eigenvalue weighted by atomic mass is 16.5. The first-order chi connectivity index (χ1) is 8.31. The number of carbonyl (C=O) groups excluding carboxylic acids is 2. The van der Waals surface area contributed by atoms with Gasteiger partial charge in [-0.3, -0.25) is 4.79 Å². The molecule has 0 radical (unpaired) electrons. The van der Waals surface area contributed by atoms with Gasteiger partial charge in [0.1, 0.15) is 6.29 Å². The second-order valence-electron chi connectivity index (χ2n) is 3.38. The van der Waals surface area contributed by atoms with E-state index in [2.05, 4.69) is 10.6 Å². The topological polar surface area (TPSA) is 76.7 Å². The number of hydrogen-bond donors (Lipinski definition) is 2. The van der Waals surface area contributed by atoms with Crippen LogP contribution >= 0.6 is 0 Å². The van der Waals surface area contributed by atoms with Crippen LogP contribution in [-0.2, 0) is 19.1 Å². The Hall–Kier alpha value is -0.980. The smallest absolute Gasteiger partial charge is 0.220 e. The molecule has 0 aliphatic carbocycles. The SMILES string of the molecule is CNCCOCCOCCNC(=O)CCC=O. The molecule has 2 N–H and O–H groups in total. The van der Waals surface area contributed by atoms with Crippen LogP contribution in [-0.4, -0.2) is 58.8 Å². The van der Waals surface area contributed by atoms with E-state index >= 15 is 0 Å². The molecular weight excluding hydrogens is 224 g/mol. The van der Waals surface area contributed by atoms with Gasteiger partial charge in [-0.15, -0.1) is 0 Å². The third-order valence-electron chi connectivity index (χ3n) is 1.93. The van der Waals surface area contributed by atoms with Crippen molar-refractivity contribution in [3.05, 3.63) is 0 Å². The normalized spacial score (nSPS) is 10.2. The standard InChI is InChI=1S/C11H22N2O4/c1-12-4-7-16-9-10-17-8-5-13-11(15)3-2-6-14/h6,12H,2-5,7-10H2,1H3,(H,13,15).